The number of amides is 2. The van der Waals surface area contributed by atoms with Gasteiger partial charge in [-0.3, -0.25) is 9.59 Å². The summed E-state index contributed by atoms with van der Waals surface area (Å²) in [6.45, 7) is 3.67. The van der Waals surface area contributed by atoms with Crippen LogP contribution in [0.3, 0.4) is 0 Å². The molecule has 3 rings (SSSR count). The monoisotopic (exact) mass is 497 g/mol. The lowest BCUT2D eigenvalue weighted by Gasteiger charge is -2.31. The summed E-state index contributed by atoms with van der Waals surface area (Å²) in [5, 5.41) is 5.83. The molecule has 2 atom stereocenters. The van der Waals surface area contributed by atoms with E-state index in [1.54, 1.807) is 36.0 Å². The van der Waals surface area contributed by atoms with E-state index in [9.17, 15) is 18.0 Å². The van der Waals surface area contributed by atoms with E-state index >= 15 is 0 Å². The summed E-state index contributed by atoms with van der Waals surface area (Å²) >= 11 is 1.63. The Morgan fingerprint density at radius 3 is 2.48 bits per heavy atom. The first-order chi connectivity index (χ1) is 15.8. The van der Waals surface area contributed by atoms with Crippen molar-refractivity contribution in [1.29, 1.82) is 0 Å². The van der Waals surface area contributed by atoms with E-state index in [1.165, 1.54) is 4.31 Å². The number of piperidine rings is 1. The molecule has 2 N–H and O–H groups in total. The van der Waals surface area contributed by atoms with Crippen LogP contribution < -0.4 is 10.6 Å². The zero-order chi connectivity index (χ0) is 23.8. The maximum absolute atomic E-state index is 12.9. The van der Waals surface area contributed by atoms with Gasteiger partial charge in [-0.05, 0) is 63.2 Å². The molecule has 2 saturated heterocycles. The summed E-state index contributed by atoms with van der Waals surface area (Å²) in [5.41, 5.74) is 1.00. The minimum absolute atomic E-state index is 0.0469. The molecule has 1 unspecified atom stereocenters. The highest BCUT2D eigenvalue weighted by atomic mass is 32.2. The molecular weight excluding hydrogens is 462 g/mol. The van der Waals surface area contributed by atoms with E-state index in [1.807, 2.05) is 13.2 Å². The molecule has 2 amide bonds. The van der Waals surface area contributed by atoms with E-state index in [0.717, 1.165) is 30.8 Å². The van der Waals surface area contributed by atoms with Crippen molar-refractivity contribution in [3.63, 3.8) is 0 Å². The average molecular weight is 498 g/mol. The molecule has 2 aliphatic heterocycles. The van der Waals surface area contributed by atoms with Crippen LogP contribution in [0.4, 0.5) is 0 Å². The first kappa shape index (κ1) is 26.0. The zero-order valence-electron chi connectivity index (χ0n) is 19.4. The fourth-order valence-corrected chi connectivity index (χ4v) is 6.10. The molecule has 8 nitrogen and oxygen atoms in total. The van der Waals surface area contributed by atoms with Crippen LogP contribution in [0.25, 0.3) is 0 Å². The average Bonchev–Trinajstić information content (AvgIpc) is 3.34. The Morgan fingerprint density at radius 2 is 1.88 bits per heavy atom. The molecule has 0 saturated carbocycles. The number of carbonyl (C=O) groups excluding carboxylic acids is 2. The molecule has 0 aromatic heterocycles. The summed E-state index contributed by atoms with van der Waals surface area (Å²) in [5.74, 6) is 0.0798. The predicted molar refractivity (Wildman–Crippen MR) is 130 cm³/mol. The van der Waals surface area contributed by atoms with Gasteiger partial charge in [0.15, 0.2) is 0 Å². The maximum Gasteiger partial charge on any atom is 0.243 e. The Kier molecular flexibility index (Phi) is 9.60. The lowest BCUT2D eigenvalue weighted by atomic mass is 9.96. The van der Waals surface area contributed by atoms with E-state index in [4.69, 9.17) is 4.74 Å². The minimum Gasteiger partial charge on any atom is -0.376 e. The second-order valence-electron chi connectivity index (χ2n) is 8.71. The molecule has 33 heavy (non-hydrogen) atoms. The Balaban J connectivity index is 1.52. The van der Waals surface area contributed by atoms with Crippen molar-refractivity contribution in [2.24, 2.45) is 5.92 Å². The molecule has 0 spiro atoms. The van der Waals surface area contributed by atoms with Crippen molar-refractivity contribution in [1.82, 2.24) is 14.9 Å². The van der Waals surface area contributed by atoms with E-state index in [2.05, 4.69) is 10.6 Å². The lowest BCUT2D eigenvalue weighted by Crippen LogP contribution is -2.51. The third-order valence-electron chi connectivity index (χ3n) is 6.26. The molecule has 2 heterocycles. The molecule has 1 aromatic rings. The topological polar surface area (TPSA) is 105 Å². The highest BCUT2D eigenvalue weighted by molar-refractivity contribution is 7.98. The fraction of sp³-hybridized carbons (Fsp3) is 0.652. The molecule has 2 fully saturated rings. The van der Waals surface area contributed by atoms with Gasteiger partial charge in [0.05, 0.1) is 11.0 Å². The SMILES string of the molecule is CSCC[C@H](NC(=O)C1CCN(S(=O)(=O)c2ccc(C)cc2)CC1)C(=O)NCC1CCCO1. The van der Waals surface area contributed by atoms with Gasteiger partial charge in [-0.1, -0.05) is 17.7 Å². The number of sulfonamides is 1. The normalized spacial score (nSPS) is 21.0. The summed E-state index contributed by atoms with van der Waals surface area (Å²) in [7, 11) is -3.57. The molecule has 0 radical (unpaired) electrons. The third kappa shape index (κ3) is 7.18. The van der Waals surface area contributed by atoms with Crippen molar-refractivity contribution >= 4 is 33.6 Å². The van der Waals surface area contributed by atoms with Gasteiger partial charge in [0.25, 0.3) is 0 Å². The number of nitrogens with one attached hydrogen (secondary N) is 2. The van der Waals surface area contributed by atoms with Gasteiger partial charge >= 0.3 is 0 Å². The zero-order valence-corrected chi connectivity index (χ0v) is 21.1. The molecule has 0 bridgehead atoms. The van der Waals surface area contributed by atoms with E-state index in [-0.39, 0.29) is 41.8 Å². The van der Waals surface area contributed by atoms with Crippen LogP contribution >= 0.6 is 11.8 Å². The Hall–Kier alpha value is -1.62. The van der Waals surface area contributed by atoms with Crippen LogP contribution in [0, 0.1) is 12.8 Å². The molecular formula is C23H35N3O5S2. The van der Waals surface area contributed by atoms with Crippen molar-refractivity contribution in [3.8, 4) is 0 Å². The number of rotatable bonds is 10. The van der Waals surface area contributed by atoms with Crippen LogP contribution in [0.5, 0.6) is 0 Å². The van der Waals surface area contributed by atoms with Gasteiger partial charge in [-0.15, -0.1) is 0 Å². The number of carbonyl (C=O) groups is 2. The first-order valence-electron chi connectivity index (χ1n) is 11.6. The van der Waals surface area contributed by atoms with Crippen LogP contribution in [0.1, 0.15) is 37.7 Å². The standard InChI is InChI=1S/C23H35N3O5S2/c1-17-5-7-20(8-6-17)33(29,30)26-12-9-18(10-13-26)22(27)25-21(11-15-32-2)23(28)24-16-19-4-3-14-31-19/h5-8,18-19,21H,3-4,9-16H2,1-2H3,(H,24,28)(H,25,27)/t19?,21-/m0/s1. The lowest BCUT2D eigenvalue weighted by molar-refractivity contribution is -0.132. The van der Waals surface area contributed by atoms with Crippen molar-refractivity contribution in [2.45, 2.75) is 56.1 Å². The second kappa shape index (κ2) is 12.2. The van der Waals surface area contributed by atoms with Crippen LogP contribution in [0.15, 0.2) is 29.2 Å². The minimum atomic E-state index is -3.57. The van der Waals surface area contributed by atoms with Crippen molar-refractivity contribution < 1.29 is 22.7 Å². The van der Waals surface area contributed by atoms with E-state index < -0.39 is 16.1 Å². The quantitative estimate of drug-likeness (QED) is 0.512. The van der Waals surface area contributed by atoms with Gasteiger partial charge < -0.3 is 15.4 Å². The predicted octanol–water partition coefficient (Wildman–Crippen LogP) is 1.93. The molecule has 1 aromatic carbocycles. The third-order valence-corrected chi connectivity index (χ3v) is 8.81. The molecule has 2 aliphatic rings. The number of aryl methyl sites for hydroxylation is 1. The first-order valence-corrected chi connectivity index (χ1v) is 14.4. The van der Waals surface area contributed by atoms with Crippen LogP contribution in [0.2, 0.25) is 0 Å². The smallest absolute Gasteiger partial charge is 0.243 e. The molecule has 184 valence electrons. The summed E-state index contributed by atoms with van der Waals surface area (Å²) < 4.78 is 32.8. The van der Waals surface area contributed by atoms with Crippen LogP contribution in [-0.2, 0) is 24.3 Å². The highest BCUT2D eigenvalue weighted by Crippen LogP contribution is 2.24. The van der Waals surface area contributed by atoms with Gasteiger partial charge in [-0.2, -0.15) is 16.1 Å². The number of hydrogen-bond donors (Lipinski definition) is 2. The van der Waals surface area contributed by atoms with Gasteiger partial charge in [-0.25, -0.2) is 8.42 Å². The summed E-state index contributed by atoms with van der Waals surface area (Å²) in [6.07, 6.45) is 5.37. The molecule has 0 aliphatic carbocycles. The Labute approximate surface area is 201 Å². The largest absolute Gasteiger partial charge is 0.376 e. The Bertz CT molecular complexity index is 893. The van der Waals surface area contributed by atoms with E-state index in [0.29, 0.717) is 25.8 Å². The van der Waals surface area contributed by atoms with Crippen molar-refractivity contribution in [2.75, 3.05) is 38.2 Å². The van der Waals surface area contributed by atoms with Gasteiger partial charge in [0, 0.05) is 32.2 Å². The van der Waals surface area contributed by atoms with Crippen molar-refractivity contribution in [3.05, 3.63) is 29.8 Å². The number of nitrogens with zero attached hydrogens (tertiary/aromatic N) is 1. The number of ether oxygens (including phenoxy) is 1. The van der Waals surface area contributed by atoms with Gasteiger partial charge in [0.1, 0.15) is 6.04 Å². The van der Waals surface area contributed by atoms with Crippen LogP contribution in [-0.4, -0.2) is 74.9 Å². The second-order valence-corrected chi connectivity index (χ2v) is 11.6. The summed E-state index contributed by atoms with van der Waals surface area (Å²) in [6, 6.07) is 6.21. The number of hydrogen-bond acceptors (Lipinski definition) is 6. The number of thioether (sulfide) groups is 1. The number of benzene rings is 1. The Morgan fingerprint density at radius 1 is 1.18 bits per heavy atom. The summed E-state index contributed by atoms with van der Waals surface area (Å²) in [4.78, 5) is 25.9. The highest BCUT2D eigenvalue weighted by Gasteiger charge is 2.33. The van der Waals surface area contributed by atoms with Gasteiger partial charge in [0.2, 0.25) is 21.8 Å². The maximum atomic E-state index is 12.9. The molecule has 10 heteroatoms. The fourth-order valence-electron chi connectivity index (χ4n) is 4.15.